The predicted molar refractivity (Wildman–Crippen MR) is 153 cm³/mol. The van der Waals surface area contributed by atoms with Gasteiger partial charge in [0.2, 0.25) is 5.95 Å². The van der Waals surface area contributed by atoms with E-state index in [1.807, 2.05) is 30.3 Å². The van der Waals surface area contributed by atoms with Crippen LogP contribution < -0.4 is 5.46 Å². The van der Waals surface area contributed by atoms with E-state index in [4.69, 9.17) is 19.3 Å². The molecule has 6 aromatic rings. The molecule has 1 fully saturated rings. The Bertz CT molecular complexity index is 1830. The van der Waals surface area contributed by atoms with Crippen LogP contribution in [0.4, 0.5) is 0 Å². The second-order valence-electron chi connectivity index (χ2n) is 10.8. The molecule has 38 heavy (non-hydrogen) atoms. The van der Waals surface area contributed by atoms with E-state index in [0.717, 1.165) is 49.4 Å². The van der Waals surface area contributed by atoms with E-state index in [2.05, 4.69) is 85.8 Å². The van der Waals surface area contributed by atoms with Crippen molar-refractivity contribution in [3.63, 3.8) is 0 Å². The van der Waals surface area contributed by atoms with E-state index < -0.39 is 18.3 Å². The van der Waals surface area contributed by atoms with E-state index in [9.17, 15) is 0 Å². The quantitative estimate of drug-likeness (QED) is 0.277. The van der Waals surface area contributed by atoms with Gasteiger partial charge in [-0.2, -0.15) is 0 Å². The smallest absolute Gasteiger partial charge is 0.399 e. The number of para-hydroxylation sites is 1. The van der Waals surface area contributed by atoms with Gasteiger partial charge in [-0.3, -0.25) is 9.55 Å². The molecule has 7 heteroatoms. The number of nitrogens with zero attached hydrogens (tertiary/aromatic N) is 4. The summed E-state index contributed by atoms with van der Waals surface area (Å²) in [7, 11) is -0.461. The standard InChI is InChI=1S/C31H27BN4O2/c1-30(2)31(3,4)38-32(37-30)21-14-15-23-22-12-8-9-13-26(22)36(27(23)18-21)29-34-25-19-33-17-16-24(25)28(35-29)20-10-6-5-7-11-20/h5-19H,1-4H3. The molecule has 4 heterocycles. The third-order valence-corrected chi connectivity index (χ3v) is 7.96. The van der Waals surface area contributed by atoms with Gasteiger partial charge in [-0.05, 0) is 51.4 Å². The van der Waals surface area contributed by atoms with Gasteiger partial charge in [0.05, 0.1) is 39.6 Å². The van der Waals surface area contributed by atoms with Gasteiger partial charge in [-0.15, -0.1) is 0 Å². The molecule has 0 radical (unpaired) electrons. The van der Waals surface area contributed by atoms with Crippen molar-refractivity contribution in [2.24, 2.45) is 0 Å². The van der Waals surface area contributed by atoms with Gasteiger partial charge in [-0.1, -0.05) is 60.7 Å². The molecular weight excluding hydrogens is 471 g/mol. The first-order chi connectivity index (χ1) is 18.3. The number of hydrogen-bond acceptors (Lipinski definition) is 5. The highest BCUT2D eigenvalue weighted by atomic mass is 16.7. The molecule has 1 aliphatic rings. The minimum absolute atomic E-state index is 0.418. The van der Waals surface area contributed by atoms with Gasteiger partial charge in [0.15, 0.2) is 0 Å². The molecule has 7 rings (SSSR count). The molecule has 0 aliphatic carbocycles. The van der Waals surface area contributed by atoms with Crippen LogP contribution in [0.2, 0.25) is 0 Å². The number of hydrogen-bond donors (Lipinski definition) is 0. The molecule has 3 aromatic heterocycles. The van der Waals surface area contributed by atoms with Crippen molar-refractivity contribution < 1.29 is 9.31 Å². The third-order valence-electron chi connectivity index (χ3n) is 7.96. The van der Waals surface area contributed by atoms with Crippen molar-refractivity contribution in [3.05, 3.63) is 91.3 Å². The summed E-state index contributed by atoms with van der Waals surface area (Å²) >= 11 is 0. The van der Waals surface area contributed by atoms with Crippen LogP contribution in [0.1, 0.15) is 27.7 Å². The Balaban J connectivity index is 1.50. The van der Waals surface area contributed by atoms with Gasteiger partial charge in [-0.25, -0.2) is 9.97 Å². The van der Waals surface area contributed by atoms with Gasteiger partial charge in [0.1, 0.15) is 0 Å². The number of pyridine rings is 1. The fraction of sp³-hybridized carbons (Fsp3) is 0.194. The second-order valence-corrected chi connectivity index (χ2v) is 10.8. The summed E-state index contributed by atoms with van der Waals surface area (Å²) in [4.78, 5) is 14.5. The van der Waals surface area contributed by atoms with Crippen LogP contribution in [0.25, 0.3) is 49.9 Å². The summed E-state index contributed by atoms with van der Waals surface area (Å²) in [6, 6.07) is 27.0. The minimum Gasteiger partial charge on any atom is -0.399 e. The lowest BCUT2D eigenvalue weighted by atomic mass is 9.79. The zero-order chi connectivity index (χ0) is 26.1. The van der Waals surface area contributed by atoms with Crippen LogP contribution in [0.5, 0.6) is 0 Å². The Labute approximate surface area is 221 Å². The minimum atomic E-state index is -0.461. The van der Waals surface area contributed by atoms with Gasteiger partial charge >= 0.3 is 7.12 Å². The SMILES string of the molecule is CC1(C)OB(c2ccc3c4ccccc4n(-c4nc(-c5ccccc5)c5ccncc5n4)c3c2)OC1(C)C. The summed E-state index contributed by atoms with van der Waals surface area (Å²) in [6.45, 7) is 8.30. The van der Waals surface area contributed by atoms with Crippen molar-refractivity contribution >= 4 is 45.3 Å². The van der Waals surface area contributed by atoms with E-state index in [1.54, 1.807) is 12.4 Å². The summed E-state index contributed by atoms with van der Waals surface area (Å²) in [5.74, 6) is 0.599. The van der Waals surface area contributed by atoms with Gasteiger partial charge < -0.3 is 9.31 Å². The highest BCUT2D eigenvalue weighted by molar-refractivity contribution is 6.62. The molecular formula is C31H27BN4O2. The molecule has 186 valence electrons. The molecule has 1 saturated heterocycles. The Morgan fingerprint density at radius 2 is 1.42 bits per heavy atom. The molecule has 1 aliphatic heterocycles. The Morgan fingerprint density at radius 1 is 0.711 bits per heavy atom. The first-order valence-corrected chi connectivity index (χ1v) is 12.9. The highest BCUT2D eigenvalue weighted by Crippen LogP contribution is 2.38. The third kappa shape index (κ3) is 3.46. The van der Waals surface area contributed by atoms with E-state index in [1.165, 1.54) is 0 Å². The van der Waals surface area contributed by atoms with Crippen molar-refractivity contribution in [1.82, 2.24) is 19.5 Å². The predicted octanol–water partition coefficient (Wildman–Crippen LogP) is 6.09. The topological polar surface area (TPSA) is 62.1 Å². The number of aromatic nitrogens is 4. The van der Waals surface area contributed by atoms with Crippen LogP contribution in [0.15, 0.2) is 91.3 Å². The normalized spacial score (nSPS) is 16.6. The Hall–Kier alpha value is -4.07. The van der Waals surface area contributed by atoms with Crippen LogP contribution in [0.3, 0.4) is 0 Å². The molecule has 0 bridgehead atoms. The van der Waals surface area contributed by atoms with Crippen molar-refractivity contribution in [2.45, 2.75) is 38.9 Å². The van der Waals surface area contributed by atoms with Crippen molar-refractivity contribution in [1.29, 1.82) is 0 Å². The van der Waals surface area contributed by atoms with Crippen LogP contribution in [-0.4, -0.2) is 37.8 Å². The lowest BCUT2D eigenvalue weighted by Gasteiger charge is -2.32. The van der Waals surface area contributed by atoms with E-state index in [-0.39, 0.29) is 0 Å². The molecule has 0 N–H and O–H groups in total. The number of benzene rings is 3. The molecule has 0 atom stereocenters. The molecule has 0 saturated carbocycles. The van der Waals surface area contributed by atoms with E-state index >= 15 is 0 Å². The highest BCUT2D eigenvalue weighted by Gasteiger charge is 2.51. The zero-order valence-corrected chi connectivity index (χ0v) is 21.8. The Kier molecular flexibility index (Phi) is 4.99. The van der Waals surface area contributed by atoms with Crippen molar-refractivity contribution in [3.8, 4) is 17.2 Å². The summed E-state index contributed by atoms with van der Waals surface area (Å²) in [5, 5.41) is 3.23. The van der Waals surface area contributed by atoms with E-state index in [0.29, 0.717) is 5.95 Å². The largest absolute Gasteiger partial charge is 0.494 e. The fourth-order valence-electron chi connectivity index (χ4n) is 5.21. The van der Waals surface area contributed by atoms with Crippen LogP contribution in [0, 0.1) is 0 Å². The second kappa shape index (κ2) is 8.22. The fourth-order valence-corrected chi connectivity index (χ4v) is 5.21. The molecule has 0 amide bonds. The first kappa shape index (κ1) is 23.1. The first-order valence-electron chi connectivity index (χ1n) is 12.9. The molecule has 3 aromatic carbocycles. The average molecular weight is 498 g/mol. The summed E-state index contributed by atoms with van der Waals surface area (Å²) < 4.78 is 14.9. The lowest BCUT2D eigenvalue weighted by Crippen LogP contribution is -2.41. The molecule has 0 unspecified atom stereocenters. The van der Waals surface area contributed by atoms with Crippen LogP contribution in [-0.2, 0) is 9.31 Å². The summed E-state index contributed by atoms with van der Waals surface area (Å²) in [6.07, 6.45) is 3.59. The lowest BCUT2D eigenvalue weighted by molar-refractivity contribution is 0.00578. The monoisotopic (exact) mass is 498 g/mol. The maximum absolute atomic E-state index is 6.38. The van der Waals surface area contributed by atoms with Crippen LogP contribution >= 0.6 is 0 Å². The number of rotatable bonds is 3. The molecule has 6 nitrogen and oxygen atoms in total. The maximum Gasteiger partial charge on any atom is 0.494 e. The van der Waals surface area contributed by atoms with Gasteiger partial charge in [0, 0.05) is 27.9 Å². The average Bonchev–Trinajstić information content (AvgIpc) is 3.37. The van der Waals surface area contributed by atoms with Crippen molar-refractivity contribution in [2.75, 3.05) is 0 Å². The zero-order valence-electron chi connectivity index (χ0n) is 21.8. The molecule has 0 spiro atoms. The number of fused-ring (bicyclic) bond motifs is 4. The van der Waals surface area contributed by atoms with Gasteiger partial charge in [0.25, 0.3) is 0 Å². The Morgan fingerprint density at radius 3 is 2.21 bits per heavy atom. The maximum atomic E-state index is 6.38. The summed E-state index contributed by atoms with van der Waals surface area (Å²) in [5.41, 5.74) is 4.87.